The number of halogens is 3. The number of hydrogen-bond acceptors (Lipinski definition) is 2. The zero-order valence-electron chi connectivity index (χ0n) is 13.3. The molecule has 0 bridgehead atoms. The average Bonchev–Trinajstić information content (AvgIpc) is 2.62. The van der Waals surface area contributed by atoms with E-state index >= 15 is 0 Å². The highest BCUT2D eigenvalue weighted by Gasteiger charge is 2.14. The van der Waals surface area contributed by atoms with Crippen molar-refractivity contribution in [2.24, 2.45) is 0 Å². The molecule has 0 unspecified atom stereocenters. The fourth-order valence-corrected chi connectivity index (χ4v) is 2.92. The van der Waals surface area contributed by atoms with Gasteiger partial charge in [0.1, 0.15) is 23.1 Å². The van der Waals surface area contributed by atoms with E-state index in [9.17, 15) is 18.0 Å². The molecule has 2 heterocycles. The summed E-state index contributed by atoms with van der Waals surface area (Å²) in [6, 6.07) is 13.2. The highest BCUT2D eigenvalue weighted by atomic mass is 19.1. The highest BCUT2D eigenvalue weighted by Crippen LogP contribution is 2.30. The van der Waals surface area contributed by atoms with Crippen molar-refractivity contribution >= 4 is 11.0 Å². The van der Waals surface area contributed by atoms with Gasteiger partial charge in [-0.2, -0.15) is 0 Å². The van der Waals surface area contributed by atoms with Gasteiger partial charge in [-0.25, -0.2) is 18.2 Å². The predicted octanol–water partition coefficient (Wildman–Crippen LogP) is 4.47. The first-order chi connectivity index (χ1) is 12.5. The summed E-state index contributed by atoms with van der Waals surface area (Å²) in [6.07, 6.45) is 1.44. The molecule has 26 heavy (non-hydrogen) atoms. The molecule has 4 rings (SSSR count). The zero-order valence-corrected chi connectivity index (χ0v) is 13.3. The fraction of sp³-hybridized carbons (Fsp3) is 0. The van der Waals surface area contributed by atoms with E-state index < -0.39 is 17.5 Å². The van der Waals surface area contributed by atoms with Crippen LogP contribution in [-0.4, -0.2) is 9.55 Å². The maximum absolute atomic E-state index is 14.2. The normalized spacial score (nSPS) is 11.0. The number of hydrogen-bond donors (Lipinski definition) is 0. The summed E-state index contributed by atoms with van der Waals surface area (Å²) in [7, 11) is 0. The van der Waals surface area contributed by atoms with E-state index in [2.05, 4.69) is 4.98 Å². The Bertz CT molecular complexity index is 1180. The van der Waals surface area contributed by atoms with Crippen LogP contribution in [0.15, 0.2) is 71.7 Å². The number of fused-ring (bicyclic) bond motifs is 1. The molecular weight excluding hydrogens is 341 g/mol. The monoisotopic (exact) mass is 352 g/mol. The Morgan fingerprint density at radius 3 is 2.23 bits per heavy atom. The second-order valence-electron chi connectivity index (χ2n) is 5.70. The molecule has 0 atom stereocenters. The van der Waals surface area contributed by atoms with E-state index in [1.54, 1.807) is 12.1 Å². The molecule has 3 nitrogen and oxygen atoms in total. The Labute approximate surface area is 146 Å². The highest BCUT2D eigenvalue weighted by molar-refractivity contribution is 5.93. The molecule has 0 spiro atoms. The molecule has 2 aromatic carbocycles. The van der Waals surface area contributed by atoms with Gasteiger partial charge in [0.15, 0.2) is 0 Å². The molecule has 0 aliphatic carbocycles. The molecular formula is C20H11F3N2O. The lowest BCUT2D eigenvalue weighted by atomic mass is 10.0. The minimum Gasteiger partial charge on any atom is -0.269 e. The Balaban J connectivity index is 2.03. The third-order valence-corrected chi connectivity index (χ3v) is 4.10. The van der Waals surface area contributed by atoms with Crippen molar-refractivity contribution in [3.05, 3.63) is 94.7 Å². The number of pyridine rings is 2. The van der Waals surface area contributed by atoms with Crippen molar-refractivity contribution in [3.8, 4) is 16.8 Å². The van der Waals surface area contributed by atoms with Gasteiger partial charge in [-0.3, -0.25) is 9.36 Å². The Hall–Kier alpha value is -3.41. The Morgan fingerprint density at radius 1 is 0.769 bits per heavy atom. The van der Waals surface area contributed by atoms with Crippen molar-refractivity contribution in [3.63, 3.8) is 0 Å². The van der Waals surface area contributed by atoms with Gasteiger partial charge in [0.2, 0.25) is 0 Å². The van der Waals surface area contributed by atoms with E-state index in [0.717, 1.165) is 6.07 Å². The number of aromatic nitrogens is 2. The van der Waals surface area contributed by atoms with Gasteiger partial charge in [0.05, 0.1) is 5.69 Å². The summed E-state index contributed by atoms with van der Waals surface area (Å²) in [5, 5.41) is 0.516. The van der Waals surface area contributed by atoms with Crippen molar-refractivity contribution in [2.75, 3.05) is 0 Å². The third-order valence-electron chi connectivity index (χ3n) is 4.10. The Kier molecular flexibility index (Phi) is 3.80. The Morgan fingerprint density at radius 2 is 1.50 bits per heavy atom. The SMILES string of the molecule is O=c1ccc2c(-c3ccc(F)cc3F)ccnc2n1-c1ccc(F)cc1. The quantitative estimate of drug-likeness (QED) is 0.533. The molecule has 0 N–H and O–H groups in total. The van der Waals surface area contributed by atoms with Crippen LogP contribution in [0.4, 0.5) is 13.2 Å². The van der Waals surface area contributed by atoms with Gasteiger partial charge in [0.25, 0.3) is 5.56 Å². The smallest absolute Gasteiger partial charge is 0.256 e. The molecule has 0 radical (unpaired) electrons. The summed E-state index contributed by atoms with van der Waals surface area (Å²) in [5.41, 5.74) is 1.05. The van der Waals surface area contributed by atoms with Crippen molar-refractivity contribution in [1.82, 2.24) is 9.55 Å². The van der Waals surface area contributed by atoms with Crippen LogP contribution in [0, 0.1) is 17.5 Å². The van der Waals surface area contributed by atoms with Crippen molar-refractivity contribution in [1.29, 1.82) is 0 Å². The molecule has 128 valence electrons. The minimum absolute atomic E-state index is 0.197. The standard InChI is InChI=1S/C20H11F3N2O/c21-12-1-4-14(5-2-12)25-19(26)8-7-17-15(9-10-24-20(17)25)16-6-3-13(22)11-18(16)23/h1-11H. The van der Waals surface area contributed by atoms with Gasteiger partial charge in [-0.15, -0.1) is 0 Å². The van der Waals surface area contributed by atoms with Crippen LogP contribution in [-0.2, 0) is 0 Å². The average molecular weight is 352 g/mol. The van der Waals surface area contributed by atoms with Crippen molar-refractivity contribution < 1.29 is 13.2 Å². The van der Waals surface area contributed by atoms with Gasteiger partial charge >= 0.3 is 0 Å². The summed E-state index contributed by atoms with van der Waals surface area (Å²) in [5.74, 6) is -1.81. The number of benzene rings is 2. The molecule has 0 saturated carbocycles. The first-order valence-electron chi connectivity index (χ1n) is 7.77. The lowest BCUT2D eigenvalue weighted by molar-refractivity contribution is 0.585. The lowest BCUT2D eigenvalue weighted by Crippen LogP contribution is -2.18. The van der Waals surface area contributed by atoms with Crippen LogP contribution in [0.1, 0.15) is 0 Å². The third kappa shape index (κ3) is 2.65. The van der Waals surface area contributed by atoms with Gasteiger partial charge in [-0.05, 0) is 54.1 Å². The van der Waals surface area contributed by atoms with Gasteiger partial charge in [0, 0.05) is 29.3 Å². The molecule has 0 aliphatic rings. The second kappa shape index (κ2) is 6.15. The van der Waals surface area contributed by atoms with Crippen LogP contribution >= 0.6 is 0 Å². The van der Waals surface area contributed by atoms with Crippen LogP contribution in [0.5, 0.6) is 0 Å². The molecule has 0 fully saturated rings. The summed E-state index contributed by atoms with van der Waals surface area (Å²) in [4.78, 5) is 16.6. The second-order valence-corrected chi connectivity index (χ2v) is 5.70. The molecule has 0 saturated heterocycles. The maximum atomic E-state index is 14.2. The number of rotatable bonds is 2. The summed E-state index contributed by atoms with van der Waals surface area (Å²) < 4.78 is 42.0. The van der Waals surface area contributed by atoms with Crippen molar-refractivity contribution in [2.45, 2.75) is 0 Å². The number of nitrogens with zero attached hydrogens (tertiary/aromatic N) is 2. The van der Waals surface area contributed by atoms with E-state index in [4.69, 9.17) is 0 Å². The molecule has 2 aromatic heterocycles. The van der Waals surface area contributed by atoms with E-state index in [1.165, 1.54) is 53.2 Å². The van der Waals surface area contributed by atoms with Crippen LogP contribution in [0.3, 0.4) is 0 Å². The molecule has 0 amide bonds. The minimum atomic E-state index is -0.711. The van der Waals surface area contributed by atoms with Crippen LogP contribution in [0.25, 0.3) is 27.8 Å². The first kappa shape index (κ1) is 16.1. The largest absolute Gasteiger partial charge is 0.269 e. The van der Waals surface area contributed by atoms with Crippen LogP contribution < -0.4 is 5.56 Å². The van der Waals surface area contributed by atoms with E-state index in [1.807, 2.05) is 0 Å². The van der Waals surface area contributed by atoms with E-state index in [0.29, 0.717) is 22.3 Å². The van der Waals surface area contributed by atoms with Gasteiger partial charge < -0.3 is 0 Å². The molecule has 4 aromatic rings. The van der Waals surface area contributed by atoms with Crippen LogP contribution in [0.2, 0.25) is 0 Å². The lowest BCUT2D eigenvalue weighted by Gasteiger charge is -2.12. The van der Waals surface area contributed by atoms with Gasteiger partial charge in [-0.1, -0.05) is 0 Å². The zero-order chi connectivity index (χ0) is 18.3. The molecule has 6 heteroatoms. The summed E-state index contributed by atoms with van der Waals surface area (Å²) >= 11 is 0. The molecule has 0 aliphatic heterocycles. The summed E-state index contributed by atoms with van der Waals surface area (Å²) in [6.45, 7) is 0. The maximum Gasteiger partial charge on any atom is 0.256 e. The van der Waals surface area contributed by atoms with E-state index in [-0.39, 0.29) is 11.1 Å². The fourth-order valence-electron chi connectivity index (χ4n) is 2.92. The predicted molar refractivity (Wildman–Crippen MR) is 92.7 cm³/mol. The first-order valence-corrected chi connectivity index (χ1v) is 7.77. The topological polar surface area (TPSA) is 34.9 Å².